The van der Waals surface area contributed by atoms with E-state index in [0.29, 0.717) is 12.2 Å². The first-order chi connectivity index (χ1) is 13.8. The van der Waals surface area contributed by atoms with Gasteiger partial charge < -0.3 is 10.2 Å². The SMILES string of the molecule is C[C@@H]1Sc2ccc(S(=O)(=O)[C@@H](C)CC(=O)N3CCc4ccccc43)cc2NC1=O. The minimum Gasteiger partial charge on any atom is -0.324 e. The molecule has 2 aromatic carbocycles. The summed E-state index contributed by atoms with van der Waals surface area (Å²) in [6, 6.07) is 12.5. The van der Waals surface area contributed by atoms with Crippen molar-refractivity contribution in [2.45, 2.75) is 47.0 Å². The largest absolute Gasteiger partial charge is 0.324 e. The topological polar surface area (TPSA) is 83.6 Å². The van der Waals surface area contributed by atoms with Crippen LogP contribution < -0.4 is 10.2 Å². The van der Waals surface area contributed by atoms with Crippen LogP contribution in [-0.2, 0) is 25.8 Å². The molecule has 6 nitrogen and oxygen atoms in total. The van der Waals surface area contributed by atoms with Gasteiger partial charge in [0.25, 0.3) is 0 Å². The maximum Gasteiger partial charge on any atom is 0.237 e. The molecule has 2 aliphatic rings. The van der Waals surface area contributed by atoms with Crippen molar-refractivity contribution < 1.29 is 18.0 Å². The molecule has 0 unspecified atom stereocenters. The number of hydrogen-bond donors (Lipinski definition) is 1. The molecule has 0 radical (unpaired) electrons. The van der Waals surface area contributed by atoms with E-state index in [-0.39, 0.29) is 28.4 Å². The molecule has 0 aromatic heterocycles. The summed E-state index contributed by atoms with van der Waals surface area (Å²) in [7, 11) is -3.71. The van der Waals surface area contributed by atoms with E-state index in [2.05, 4.69) is 5.32 Å². The third kappa shape index (κ3) is 3.67. The van der Waals surface area contributed by atoms with E-state index >= 15 is 0 Å². The Balaban J connectivity index is 1.53. The third-order valence-corrected chi connectivity index (χ3v) is 8.71. The van der Waals surface area contributed by atoms with Crippen LogP contribution in [0.2, 0.25) is 0 Å². The smallest absolute Gasteiger partial charge is 0.237 e. The van der Waals surface area contributed by atoms with Gasteiger partial charge in [-0.3, -0.25) is 9.59 Å². The van der Waals surface area contributed by atoms with Gasteiger partial charge in [0.1, 0.15) is 0 Å². The summed E-state index contributed by atoms with van der Waals surface area (Å²) >= 11 is 1.40. The highest BCUT2D eigenvalue weighted by molar-refractivity contribution is 8.01. The number of sulfone groups is 1. The van der Waals surface area contributed by atoms with Gasteiger partial charge in [-0.2, -0.15) is 0 Å². The monoisotopic (exact) mass is 430 g/mol. The van der Waals surface area contributed by atoms with Crippen molar-refractivity contribution in [3.05, 3.63) is 48.0 Å². The van der Waals surface area contributed by atoms with Gasteiger partial charge in [0.15, 0.2) is 9.84 Å². The fourth-order valence-corrected chi connectivity index (χ4v) is 5.96. The van der Waals surface area contributed by atoms with E-state index in [1.54, 1.807) is 30.9 Å². The lowest BCUT2D eigenvalue weighted by molar-refractivity contribution is -0.118. The molecule has 2 amide bonds. The molecule has 1 N–H and O–H groups in total. The third-order valence-electron chi connectivity index (χ3n) is 5.39. The predicted octanol–water partition coefficient (Wildman–Crippen LogP) is 3.26. The number of anilines is 2. The molecular weight excluding hydrogens is 408 g/mol. The van der Waals surface area contributed by atoms with Gasteiger partial charge in [-0.15, -0.1) is 11.8 Å². The van der Waals surface area contributed by atoms with Crippen LogP contribution in [0.15, 0.2) is 52.3 Å². The average Bonchev–Trinajstić information content (AvgIpc) is 3.12. The summed E-state index contributed by atoms with van der Waals surface area (Å²) in [5, 5.41) is 1.67. The van der Waals surface area contributed by atoms with Crippen molar-refractivity contribution in [3.63, 3.8) is 0 Å². The minimum absolute atomic E-state index is 0.0914. The molecule has 29 heavy (non-hydrogen) atoms. The Bertz CT molecular complexity index is 1100. The molecule has 2 aromatic rings. The Hall–Kier alpha value is -2.32. The Morgan fingerprint density at radius 2 is 2.03 bits per heavy atom. The highest BCUT2D eigenvalue weighted by Gasteiger charge is 2.32. The number of nitrogens with zero attached hydrogens (tertiary/aromatic N) is 1. The fourth-order valence-electron chi connectivity index (χ4n) is 3.66. The van der Waals surface area contributed by atoms with Crippen LogP contribution in [-0.4, -0.2) is 37.3 Å². The number of benzene rings is 2. The van der Waals surface area contributed by atoms with Crippen molar-refractivity contribution in [3.8, 4) is 0 Å². The molecule has 152 valence electrons. The molecule has 2 heterocycles. The van der Waals surface area contributed by atoms with Gasteiger partial charge in [-0.25, -0.2) is 8.42 Å². The summed E-state index contributed by atoms with van der Waals surface area (Å²) in [6.45, 7) is 3.94. The van der Waals surface area contributed by atoms with Gasteiger partial charge in [0, 0.05) is 23.5 Å². The summed E-state index contributed by atoms with van der Waals surface area (Å²) in [5.74, 6) is -0.338. The molecule has 0 fully saturated rings. The lowest BCUT2D eigenvalue weighted by atomic mass is 10.2. The number of nitrogens with one attached hydrogen (secondary N) is 1. The maximum absolute atomic E-state index is 13.1. The maximum atomic E-state index is 13.1. The zero-order valence-electron chi connectivity index (χ0n) is 16.2. The second-order valence-corrected chi connectivity index (χ2v) is 11.1. The average molecular weight is 431 g/mol. The van der Waals surface area contributed by atoms with E-state index in [1.807, 2.05) is 24.3 Å². The van der Waals surface area contributed by atoms with Gasteiger partial charge in [-0.1, -0.05) is 18.2 Å². The van der Waals surface area contributed by atoms with Crippen molar-refractivity contribution in [1.82, 2.24) is 0 Å². The summed E-state index contributed by atoms with van der Waals surface area (Å²) < 4.78 is 26.1. The number of carbonyl (C=O) groups is 2. The number of para-hydroxylation sites is 1. The molecule has 8 heteroatoms. The first-order valence-electron chi connectivity index (χ1n) is 9.51. The molecular formula is C21H22N2O4S2. The predicted molar refractivity (Wildman–Crippen MR) is 114 cm³/mol. The molecule has 0 aliphatic carbocycles. The highest BCUT2D eigenvalue weighted by atomic mass is 32.2. The molecule has 2 atom stereocenters. The summed E-state index contributed by atoms with van der Waals surface area (Å²) in [6.07, 6.45) is 0.690. The standard InChI is InChI=1S/C21H22N2O4S2/c1-13(11-20(24)23-10-9-15-5-3-4-6-18(15)23)29(26,27)16-7-8-19-17(12-16)22-21(25)14(2)28-19/h3-8,12-14H,9-11H2,1-2H3,(H,22,25)/t13-,14-/m0/s1. The fraction of sp³-hybridized carbons (Fsp3) is 0.333. The summed E-state index contributed by atoms with van der Waals surface area (Å²) in [5.41, 5.74) is 2.48. The number of hydrogen-bond acceptors (Lipinski definition) is 5. The van der Waals surface area contributed by atoms with Crippen molar-refractivity contribution >= 4 is 44.8 Å². The molecule has 0 saturated heterocycles. The normalized spacial score (nSPS) is 19.3. The van der Waals surface area contributed by atoms with Gasteiger partial charge >= 0.3 is 0 Å². The number of rotatable bonds is 4. The molecule has 2 aliphatic heterocycles. The number of carbonyl (C=O) groups excluding carboxylic acids is 2. The van der Waals surface area contributed by atoms with E-state index in [0.717, 1.165) is 22.6 Å². The first-order valence-corrected chi connectivity index (χ1v) is 11.9. The molecule has 0 saturated carbocycles. The van der Waals surface area contributed by atoms with Crippen LogP contribution in [0, 0.1) is 0 Å². The molecule has 4 rings (SSSR count). The lowest BCUT2D eigenvalue weighted by Gasteiger charge is -2.23. The molecule has 0 bridgehead atoms. The van der Waals surface area contributed by atoms with E-state index in [9.17, 15) is 18.0 Å². The van der Waals surface area contributed by atoms with Crippen molar-refractivity contribution in [1.29, 1.82) is 0 Å². The minimum atomic E-state index is -3.71. The van der Waals surface area contributed by atoms with Crippen LogP contribution >= 0.6 is 11.8 Å². The Labute approximate surface area is 174 Å². The van der Waals surface area contributed by atoms with Crippen molar-refractivity contribution in [2.24, 2.45) is 0 Å². The van der Waals surface area contributed by atoms with E-state index in [1.165, 1.54) is 17.8 Å². The zero-order chi connectivity index (χ0) is 20.8. The Morgan fingerprint density at radius 3 is 2.83 bits per heavy atom. The van der Waals surface area contributed by atoms with Crippen LogP contribution in [0.25, 0.3) is 0 Å². The van der Waals surface area contributed by atoms with Gasteiger partial charge in [-0.05, 0) is 50.1 Å². The van der Waals surface area contributed by atoms with Crippen LogP contribution in [0.3, 0.4) is 0 Å². The van der Waals surface area contributed by atoms with Crippen LogP contribution in [0.5, 0.6) is 0 Å². The Kier molecular flexibility index (Phi) is 5.16. The summed E-state index contributed by atoms with van der Waals surface area (Å²) in [4.78, 5) is 27.4. The lowest BCUT2D eigenvalue weighted by Crippen LogP contribution is -2.33. The second-order valence-electron chi connectivity index (χ2n) is 7.39. The van der Waals surface area contributed by atoms with E-state index in [4.69, 9.17) is 0 Å². The first kappa shape index (κ1) is 20.0. The molecule has 0 spiro atoms. The zero-order valence-corrected chi connectivity index (χ0v) is 17.8. The second kappa shape index (κ2) is 7.50. The number of thioether (sulfide) groups is 1. The number of amides is 2. The van der Waals surface area contributed by atoms with Crippen LogP contribution in [0.4, 0.5) is 11.4 Å². The Morgan fingerprint density at radius 1 is 1.28 bits per heavy atom. The quantitative estimate of drug-likeness (QED) is 0.805. The van der Waals surface area contributed by atoms with Gasteiger partial charge in [0.2, 0.25) is 11.8 Å². The number of fused-ring (bicyclic) bond motifs is 2. The highest BCUT2D eigenvalue weighted by Crippen LogP contribution is 2.37. The van der Waals surface area contributed by atoms with Crippen molar-refractivity contribution in [2.75, 3.05) is 16.8 Å². The van der Waals surface area contributed by atoms with Gasteiger partial charge in [0.05, 0.1) is 21.1 Å². The van der Waals surface area contributed by atoms with Crippen LogP contribution in [0.1, 0.15) is 25.8 Å². The van der Waals surface area contributed by atoms with E-state index < -0.39 is 15.1 Å².